The Bertz CT molecular complexity index is 1030. The molecule has 1 aliphatic rings. The van der Waals surface area contributed by atoms with Crippen molar-refractivity contribution in [2.45, 2.75) is 32.4 Å². The van der Waals surface area contributed by atoms with Crippen molar-refractivity contribution in [1.29, 1.82) is 0 Å². The van der Waals surface area contributed by atoms with Gasteiger partial charge in [0.1, 0.15) is 5.25 Å². The van der Waals surface area contributed by atoms with Crippen LogP contribution in [0.2, 0.25) is 0 Å². The molecule has 0 radical (unpaired) electrons. The summed E-state index contributed by atoms with van der Waals surface area (Å²) in [5.41, 5.74) is 4.73. The zero-order valence-electron chi connectivity index (χ0n) is 19.1. The monoisotopic (exact) mass is 451 g/mol. The highest BCUT2D eigenvalue weighted by molar-refractivity contribution is 8.15. The number of aryl methyl sites for hydroxylation is 2. The van der Waals surface area contributed by atoms with Crippen molar-refractivity contribution in [3.8, 4) is 0 Å². The average molecular weight is 452 g/mol. The summed E-state index contributed by atoms with van der Waals surface area (Å²) in [6, 6.07) is 13.7. The molecule has 0 aliphatic carbocycles. The highest BCUT2D eigenvalue weighted by atomic mass is 32.2. The number of carbonyl (C=O) groups is 2. The van der Waals surface area contributed by atoms with E-state index in [4.69, 9.17) is 0 Å². The SMILES string of the molecule is CCN=C1S[C@@H](CC(=O)Nc2c(C)cccc2C)C(=O)N1/N=C\c1ccc(N(C)C)cc1. The molecule has 7 nitrogen and oxygen atoms in total. The molecule has 1 atom stereocenters. The van der Waals surface area contributed by atoms with Crippen LogP contribution in [0.1, 0.15) is 30.0 Å². The highest BCUT2D eigenvalue weighted by Crippen LogP contribution is 2.30. The van der Waals surface area contributed by atoms with Gasteiger partial charge in [-0.25, -0.2) is 0 Å². The predicted octanol–water partition coefficient (Wildman–Crippen LogP) is 4.05. The van der Waals surface area contributed by atoms with Gasteiger partial charge in [-0.2, -0.15) is 10.1 Å². The van der Waals surface area contributed by atoms with E-state index in [9.17, 15) is 9.59 Å². The normalized spacial score (nSPS) is 17.4. The third-order valence-corrected chi connectivity index (χ3v) is 6.22. The van der Waals surface area contributed by atoms with Crippen LogP contribution in [0, 0.1) is 13.8 Å². The second-order valence-electron chi connectivity index (χ2n) is 7.76. The van der Waals surface area contributed by atoms with Gasteiger partial charge in [-0.3, -0.25) is 14.6 Å². The van der Waals surface area contributed by atoms with Crippen LogP contribution in [-0.2, 0) is 9.59 Å². The maximum atomic E-state index is 13.0. The lowest BCUT2D eigenvalue weighted by atomic mass is 10.1. The lowest BCUT2D eigenvalue weighted by molar-refractivity contribution is -0.128. The van der Waals surface area contributed by atoms with Crippen molar-refractivity contribution in [2.24, 2.45) is 10.1 Å². The van der Waals surface area contributed by atoms with Crippen LogP contribution in [0.5, 0.6) is 0 Å². The van der Waals surface area contributed by atoms with Crippen molar-refractivity contribution in [2.75, 3.05) is 30.9 Å². The Morgan fingerprint density at radius 2 is 1.81 bits per heavy atom. The van der Waals surface area contributed by atoms with Gasteiger partial charge in [-0.05, 0) is 49.6 Å². The van der Waals surface area contributed by atoms with E-state index < -0.39 is 5.25 Å². The largest absolute Gasteiger partial charge is 0.378 e. The molecule has 2 amide bonds. The van der Waals surface area contributed by atoms with E-state index in [0.717, 1.165) is 28.1 Å². The van der Waals surface area contributed by atoms with Crippen LogP contribution in [0.4, 0.5) is 11.4 Å². The second-order valence-corrected chi connectivity index (χ2v) is 8.93. The van der Waals surface area contributed by atoms with Crippen LogP contribution in [0.25, 0.3) is 0 Å². The van der Waals surface area contributed by atoms with E-state index in [1.807, 2.05) is 82.2 Å². The molecule has 0 aromatic heterocycles. The fraction of sp³-hybridized carbons (Fsp3) is 0.333. The minimum absolute atomic E-state index is 0.0591. The molecule has 1 saturated heterocycles. The molecule has 32 heavy (non-hydrogen) atoms. The maximum absolute atomic E-state index is 13.0. The smallest absolute Gasteiger partial charge is 0.263 e. The Labute approximate surface area is 193 Å². The van der Waals surface area contributed by atoms with Crippen molar-refractivity contribution < 1.29 is 9.59 Å². The number of aliphatic imine (C=N–C) groups is 1. The van der Waals surface area contributed by atoms with Crippen LogP contribution in [-0.4, -0.2) is 54.1 Å². The molecule has 2 aromatic carbocycles. The van der Waals surface area contributed by atoms with Crippen molar-refractivity contribution in [3.63, 3.8) is 0 Å². The van der Waals surface area contributed by atoms with Gasteiger partial charge in [-0.15, -0.1) is 0 Å². The average Bonchev–Trinajstić information content (AvgIpc) is 3.04. The number of hydrogen-bond donors (Lipinski definition) is 1. The summed E-state index contributed by atoms with van der Waals surface area (Å²) < 4.78 is 0. The number of para-hydroxylation sites is 1. The number of rotatable bonds is 7. The van der Waals surface area contributed by atoms with Gasteiger partial charge in [0.25, 0.3) is 5.91 Å². The lowest BCUT2D eigenvalue weighted by Gasteiger charge is -2.13. The van der Waals surface area contributed by atoms with Gasteiger partial charge in [0.2, 0.25) is 5.91 Å². The topological polar surface area (TPSA) is 77.4 Å². The van der Waals surface area contributed by atoms with Crippen LogP contribution in [0.15, 0.2) is 52.6 Å². The summed E-state index contributed by atoms with van der Waals surface area (Å²) in [7, 11) is 3.96. The minimum Gasteiger partial charge on any atom is -0.378 e. The predicted molar refractivity (Wildman–Crippen MR) is 134 cm³/mol. The molecule has 0 spiro atoms. The number of benzene rings is 2. The number of amidine groups is 1. The molecule has 1 N–H and O–H groups in total. The summed E-state index contributed by atoms with van der Waals surface area (Å²) in [4.78, 5) is 32.1. The number of nitrogens with one attached hydrogen (secondary N) is 1. The Balaban J connectivity index is 1.71. The van der Waals surface area contributed by atoms with E-state index in [1.54, 1.807) is 6.21 Å². The summed E-state index contributed by atoms with van der Waals surface area (Å²) in [6.07, 6.45) is 1.70. The number of hydrazone groups is 1. The van der Waals surface area contributed by atoms with Gasteiger partial charge < -0.3 is 10.2 Å². The van der Waals surface area contributed by atoms with Crippen molar-refractivity contribution in [3.05, 3.63) is 59.2 Å². The van der Waals surface area contributed by atoms with Gasteiger partial charge in [-0.1, -0.05) is 42.1 Å². The minimum atomic E-state index is -0.558. The molecule has 8 heteroatoms. The van der Waals surface area contributed by atoms with Crippen molar-refractivity contribution >= 4 is 46.3 Å². The highest BCUT2D eigenvalue weighted by Gasteiger charge is 2.39. The van der Waals surface area contributed by atoms with Gasteiger partial charge >= 0.3 is 0 Å². The van der Waals surface area contributed by atoms with Crippen LogP contribution < -0.4 is 10.2 Å². The number of carbonyl (C=O) groups excluding carboxylic acids is 2. The first kappa shape index (κ1) is 23.5. The third kappa shape index (κ3) is 5.56. The lowest BCUT2D eigenvalue weighted by Crippen LogP contribution is -2.30. The molecule has 3 rings (SSSR count). The molecule has 0 bridgehead atoms. The number of nitrogens with zero attached hydrogens (tertiary/aromatic N) is 4. The summed E-state index contributed by atoms with van der Waals surface area (Å²) in [6.45, 7) is 6.33. The zero-order valence-corrected chi connectivity index (χ0v) is 19.9. The summed E-state index contributed by atoms with van der Waals surface area (Å²) in [5.74, 6) is -0.436. The summed E-state index contributed by atoms with van der Waals surface area (Å²) in [5, 5.41) is 8.61. The molecule has 0 saturated carbocycles. The fourth-order valence-electron chi connectivity index (χ4n) is 3.29. The first-order chi connectivity index (χ1) is 15.3. The Morgan fingerprint density at radius 3 is 2.41 bits per heavy atom. The van der Waals surface area contributed by atoms with Gasteiger partial charge in [0.05, 0.1) is 6.21 Å². The Morgan fingerprint density at radius 1 is 1.16 bits per heavy atom. The van der Waals surface area contributed by atoms with E-state index in [1.165, 1.54) is 16.8 Å². The molecular formula is C24H29N5O2S. The molecular weight excluding hydrogens is 422 g/mol. The number of anilines is 2. The Hall–Kier alpha value is -3.13. The molecule has 168 valence electrons. The second kappa shape index (κ2) is 10.5. The molecule has 1 fully saturated rings. The first-order valence-electron chi connectivity index (χ1n) is 10.5. The number of thioether (sulfide) groups is 1. The van der Waals surface area contributed by atoms with Gasteiger partial charge in [0.15, 0.2) is 5.17 Å². The third-order valence-electron chi connectivity index (χ3n) is 5.05. The molecule has 1 aliphatic heterocycles. The van der Waals surface area contributed by atoms with Crippen LogP contribution in [0.3, 0.4) is 0 Å². The van der Waals surface area contributed by atoms with Gasteiger partial charge in [0, 0.05) is 38.4 Å². The number of amides is 2. The molecule has 1 heterocycles. The Kier molecular flexibility index (Phi) is 7.69. The zero-order chi connectivity index (χ0) is 23.3. The molecule has 0 unspecified atom stereocenters. The number of hydrogen-bond acceptors (Lipinski definition) is 6. The first-order valence-corrected chi connectivity index (χ1v) is 11.4. The van der Waals surface area contributed by atoms with E-state index in [2.05, 4.69) is 15.4 Å². The van der Waals surface area contributed by atoms with Crippen LogP contribution >= 0.6 is 11.8 Å². The molecule has 2 aromatic rings. The quantitative estimate of drug-likeness (QED) is 0.644. The summed E-state index contributed by atoms with van der Waals surface area (Å²) >= 11 is 1.29. The fourth-order valence-corrected chi connectivity index (χ4v) is 4.42. The van der Waals surface area contributed by atoms with Crippen molar-refractivity contribution in [1.82, 2.24) is 5.01 Å². The van der Waals surface area contributed by atoms with E-state index in [0.29, 0.717) is 11.7 Å². The standard InChI is InChI=1S/C24H29N5O2S/c1-6-25-24-29(26-15-18-10-12-19(13-11-18)28(4)5)23(31)20(32-24)14-21(30)27-22-16(2)8-7-9-17(22)3/h7-13,15,20H,6,14H2,1-5H3,(H,27,30)/b25-24?,26-15-/t20-/m0/s1. The van der Waals surface area contributed by atoms with E-state index >= 15 is 0 Å². The maximum Gasteiger partial charge on any atom is 0.263 e. The van der Waals surface area contributed by atoms with E-state index in [-0.39, 0.29) is 18.2 Å².